The van der Waals surface area contributed by atoms with Gasteiger partial charge in [0, 0.05) is 31.1 Å². The first kappa shape index (κ1) is 32.4. The molecule has 0 radical (unpaired) electrons. The van der Waals surface area contributed by atoms with E-state index in [9.17, 15) is 25.2 Å². The molecule has 2 saturated heterocycles. The maximum absolute atomic E-state index is 13.2. The van der Waals surface area contributed by atoms with E-state index in [1.54, 1.807) is 7.05 Å². The molecule has 15 heteroatoms. The fraction of sp³-hybridized carbons (Fsp3) is 0.885. The minimum absolute atomic E-state index is 0.0291. The van der Waals surface area contributed by atoms with Crippen LogP contribution in [0.3, 0.4) is 0 Å². The molecule has 0 aromatic rings. The van der Waals surface area contributed by atoms with Gasteiger partial charge in [-0.3, -0.25) is 4.79 Å². The van der Waals surface area contributed by atoms with Crippen LogP contribution in [0.1, 0.15) is 26.2 Å². The Morgan fingerprint density at radius 1 is 1.24 bits per heavy atom. The van der Waals surface area contributed by atoms with Crippen LogP contribution in [-0.4, -0.2) is 144 Å². The standard InChI is InChI=1S/C26H48N6O9/c1-25(37)12-39-23(19(35)22(25)29-2)41-21-16(32-24(36)26(38)5-6-31-11-26)9-15(28)17(18(21)34)20-14(27)4-3-13(40-20)10-30-7-8-33/h3,14-23,29-31,33-35,37-38H,4-12,27-28H2,1-2H3,(H,32,36)/t14-,15+,16-,17?,18+,19-,20+,21+,22-,23-,25+,26?/m1/s1. The van der Waals surface area contributed by atoms with Crippen LogP contribution < -0.4 is 32.7 Å². The molecule has 41 heavy (non-hydrogen) atoms. The number of aliphatic hydroxyl groups is 5. The van der Waals surface area contributed by atoms with Crippen molar-refractivity contribution in [2.45, 2.75) is 92.3 Å². The van der Waals surface area contributed by atoms with Gasteiger partial charge in [-0.05, 0) is 45.9 Å². The van der Waals surface area contributed by atoms with E-state index in [4.69, 9.17) is 30.8 Å². The third kappa shape index (κ3) is 7.03. The highest BCUT2D eigenvalue weighted by molar-refractivity contribution is 5.86. The Balaban J connectivity index is 1.57. The second kappa shape index (κ2) is 13.4. The van der Waals surface area contributed by atoms with Crippen molar-refractivity contribution in [3.05, 3.63) is 11.8 Å². The molecule has 0 aromatic carbocycles. The summed E-state index contributed by atoms with van der Waals surface area (Å²) < 4.78 is 18.1. The molecular formula is C26H48N6O9. The maximum Gasteiger partial charge on any atom is 0.253 e. The summed E-state index contributed by atoms with van der Waals surface area (Å²) in [6.07, 6.45) is -2.98. The van der Waals surface area contributed by atoms with Gasteiger partial charge in [0.15, 0.2) is 11.9 Å². The lowest BCUT2D eigenvalue weighted by molar-refractivity contribution is -0.297. The number of ether oxygens (including phenoxy) is 3. The monoisotopic (exact) mass is 588 g/mol. The predicted molar refractivity (Wildman–Crippen MR) is 146 cm³/mol. The van der Waals surface area contributed by atoms with E-state index in [2.05, 4.69) is 21.3 Å². The Bertz CT molecular complexity index is 920. The molecule has 4 aliphatic rings. The zero-order chi connectivity index (χ0) is 29.9. The molecule has 2 unspecified atom stereocenters. The van der Waals surface area contributed by atoms with Crippen molar-refractivity contribution in [3.63, 3.8) is 0 Å². The van der Waals surface area contributed by atoms with Crippen LogP contribution in [0, 0.1) is 5.92 Å². The minimum Gasteiger partial charge on any atom is -0.492 e. The van der Waals surface area contributed by atoms with E-state index in [1.165, 1.54) is 6.92 Å². The van der Waals surface area contributed by atoms with Crippen LogP contribution in [0.5, 0.6) is 0 Å². The first-order chi connectivity index (χ1) is 19.4. The third-order valence-corrected chi connectivity index (χ3v) is 8.75. The van der Waals surface area contributed by atoms with Gasteiger partial charge in [-0.25, -0.2) is 0 Å². The number of rotatable bonds is 10. The van der Waals surface area contributed by atoms with Gasteiger partial charge in [-0.1, -0.05) is 0 Å². The van der Waals surface area contributed by atoms with E-state index in [-0.39, 0.29) is 32.6 Å². The van der Waals surface area contributed by atoms with E-state index in [0.717, 1.165) is 0 Å². The first-order valence-corrected chi connectivity index (χ1v) is 14.4. The van der Waals surface area contributed by atoms with Crippen LogP contribution in [-0.2, 0) is 19.0 Å². The quantitative estimate of drug-likeness (QED) is 0.107. The van der Waals surface area contributed by atoms with Crippen LogP contribution in [0.2, 0.25) is 0 Å². The zero-order valence-electron chi connectivity index (χ0n) is 23.7. The number of nitrogens with two attached hydrogens (primary N) is 2. The van der Waals surface area contributed by atoms with E-state index in [0.29, 0.717) is 31.8 Å². The van der Waals surface area contributed by atoms with E-state index in [1.807, 2.05) is 6.08 Å². The highest BCUT2D eigenvalue weighted by Crippen LogP contribution is 2.36. The second-order valence-corrected chi connectivity index (χ2v) is 12.0. The van der Waals surface area contributed by atoms with Gasteiger partial charge < -0.3 is 72.5 Å². The maximum atomic E-state index is 13.2. The Morgan fingerprint density at radius 3 is 2.66 bits per heavy atom. The van der Waals surface area contributed by atoms with Crippen LogP contribution in [0.15, 0.2) is 11.8 Å². The molecule has 0 spiro atoms. The molecule has 4 rings (SSSR count). The lowest BCUT2D eigenvalue weighted by Gasteiger charge is -2.50. The summed E-state index contributed by atoms with van der Waals surface area (Å²) in [5, 5.41) is 65.1. The SMILES string of the molecule is CN[C@@H]1[C@@H](O)[C@@H](O[C@H]2[C@H](NC(=O)C3(O)CCNC3)C[C@H](N)C([C@H]3OC(CNCCO)=CC[C@H]3N)[C@@H]2O)OC[C@]1(C)O. The minimum atomic E-state index is -1.62. The molecule has 0 bridgehead atoms. The summed E-state index contributed by atoms with van der Waals surface area (Å²) in [6.45, 7) is 2.65. The average Bonchev–Trinajstić information content (AvgIpc) is 3.37. The van der Waals surface area contributed by atoms with Gasteiger partial charge >= 0.3 is 0 Å². The number of carbonyl (C=O) groups is 1. The number of likely N-dealkylation sites (N-methyl/N-ethyl adjacent to an activating group) is 1. The number of β-amino-alcohol motifs (C(OH)–C–C–N with tert-alkyl or cyclic N) is 1. The zero-order valence-corrected chi connectivity index (χ0v) is 23.7. The van der Waals surface area contributed by atoms with Crippen molar-refractivity contribution >= 4 is 5.91 Å². The lowest BCUT2D eigenvalue weighted by Crippen LogP contribution is -2.70. The molecule has 13 N–H and O–H groups in total. The molecule has 0 aromatic heterocycles. The molecule has 3 heterocycles. The molecule has 3 fully saturated rings. The summed E-state index contributed by atoms with van der Waals surface area (Å²) in [5.41, 5.74) is 10.0. The summed E-state index contributed by atoms with van der Waals surface area (Å²) >= 11 is 0. The summed E-state index contributed by atoms with van der Waals surface area (Å²) in [6, 6.07) is -2.80. The third-order valence-electron chi connectivity index (χ3n) is 8.75. The smallest absolute Gasteiger partial charge is 0.253 e. The van der Waals surface area contributed by atoms with Crippen LogP contribution >= 0.6 is 0 Å². The van der Waals surface area contributed by atoms with Gasteiger partial charge in [-0.2, -0.15) is 0 Å². The topological polar surface area (TPSA) is 246 Å². The predicted octanol–water partition coefficient (Wildman–Crippen LogP) is -5.07. The van der Waals surface area contributed by atoms with Crippen LogP contribution in [0.4, 0.5) is 0 Å². The number of amides is 1. The number of hydrogen-bond donors (Lipinski definition) is 11. The average molecular weight is 589 g/mol. The van der Waals surface area contributed by atoms with Gasteiger partial charge in [0.25, 0.3) is 5.91 Å². The van der Waals surface area contributed by atoms with Crippen molar-refractivity contribution in [1.82, 2.24) is 21.3 Å². The molecular weight excluding hydrogens is 540 g/mol. The number of carbonyl (C=O) groups excluding carboxylic acids is 1. The Morgan fingerprint density at radius 2 is 2.00 bits per heavy atom. The summed E-state index contributed by atoms with van der Waals surface area (Å²) in [7, 11) is 1.59. The number of aliphatic hydroxyl groups excluding tert-OH is 3. The molecule has 15 nitrogen and oxygen atoms in total. The molecule has 3 aliphatic heterocycles. The Hall–Kier alpha value is -1.47. The molecule has 1 aliphatic carbocycles. The van der Waals surface area contributed by atoms with Crippen molar-refractivity contribution in [3.8, 4) is 0 Å². The molecule has 1 amide bonds. The number of hydrogen-bond acceptors (Lipinski definition) is 14. The first-order valence-electron chi connectivity index (χ1n) is 14.4. The lowest BCUT2D eigenvalue weighted by atomic mass is 9.72. The van der Waals surface area contributed by atoms with Crippen LogP contribution in [0.25, 0.3) is 0 Å². The van der Waals surface area contributed by atoms with E-state index < -0.39 is 77.9 Å². The highest BCUT2D eigenvalue weighted by atomic mass is 16.7. The van der Waals surface area contributed by atoms with Gasteiger partial charge in [0.2, 0.25) is 0 Å². The van der Waals surface area contributed by atoms with Crippen molar-refractivity contribution in [2.75, 3.05) is 46.4 Å². The molecule has 1 saturated carbocycles. The highest BCUT2D eigenvalue weighted by Gasteiger charge is 2.54. The fourth-order valence-electron chi connectivity index (χ4n) is 6.43. The van der Waals surface area contributed by atoms with E-state index >= 15 is 0 Å². The molecule has 12 atom stereocenters. The van der Waals surface area contributed by atoms with Gasteiger partial charge in [0.05, 0.1) is 37.9 Å². The van der Waals surface area contributed by atoms with Crippen molar-refractivity contribution in [2.24, 2.45) is 17.4 Å². The summed E-state index contributed by atoms with van der Waals surface area (Å²) in [5.74, 6) is -0.728. The van der Waals surface area contributed by atoms with Gasteiger partial charge in [0.1, 0.15) is 29.7 Å². The van der Waals surface area contributed by atoms with Gasteiger partial charge in [-0.15, -0.1) is 0 Å². The Kier molecular flexibility index (Phi) is 10.6. The Labute approximate surface area is 240 Å². The van der Waals surface area contributed by atoms with Crippen molar-refractivity contribution < 1.29 is 44.5 Å². The number of nitrogens with one attached hydrogen (secondary N) is 4. The fourth-order valence-corrected chi connectivity index (χ4v) is 6.43. The van der Waals surface area contributed by atoms with Crippen molar-refractivity contribution in [1.29, 1.82) is 0 Å². The molecule has 236 valence electrons. The second-order valence-electron chi connectivity index (χ2n) is 12.0. The normalized spacial score (nSPS) is 45.1. The largest absolute Gasteiger partial charge is 0.492 e. The summed E-state index contributed by atoms with van der Waals surface area (Å²) in [4.78, 5) is 13.2.